The molecule has 0 saturated heterocycles. The Morgan fingerprint density at radius 1 is 1.65 bits per heavy atom. The first-order valence-electron chi connectivity index (χ1n) is 4.50. The van der Waals surface area contributed by atoms with E-state index in [4.69, 9.17) is 5.26 Å². The number of H-pyrrole nitrogens is 1. The minimum Gasteiger partial charge on any atom is -0.301 e. The molecule has 4 nitrogen and oxygen atoms in total. The fourth-order valence-electron chi connectivity index (χ4n) is 0.987. The Hall–Kier alpha value is -1.49. The van der Waals surface area contributed by atoms with E-state index < -0.39 is 23.4 Å². The number of nitriles is 1. The molecule has 8 heteroatoms. The van der Waals surface area contributed by atoms with Crippen LogP contribution in [-0.2, 0) is 0 Å². The molecule has 92 valence electrons. The lowest BCUT2D eigenvalue weighted by Gasteiger charge is -2.11. The second-order valence-electron chi connectivity index (χ2n) is 3.23. The summed E-state index contributed by atoms with van der Waals surface area (Å²) in [7, 11) is 0. The predicted molar refractivity (Wildman–Crippen MR) is 55.5 cm³/mol. The average molecular weight is 263 g/mol. The van der Waals surface area contributed by atoms with E-state index in [9.17, 15) is 18.0 Å². The molecule has 0 amide bonds. The fourth-order valence-corrected chi connectivity index (χ4v) is 1.96. The van der Waals surface area contributed by atoms with Crippen molar-refractivity contribution in [2.45, 2.75) is 18.3 Å². The maximum absolute atomic E-state index is 12.3. The van der Waals surface area contributed by atoms with Crippen LogP contribution in [0, 0.1) is 24.2 Å². The topological polar surface area (TPSA) is 69.5 Å². The van der Waals surface area contributed by atoms with Gasteiger partial charge in [0.1, 0.15) is 0 Å². The molecule has 0 radical (unpaired) electrons. The molecule has 0 aliphatic heterocycles. The molecule has 0 aliphatic rings. The van der Waals surface area contributed by atoms with Crippen molar-refractivity contribution in [2.75, 3.05) is 5.75 Å². The van der Waals surface area contributed by atoms with Gasteiger partial charge in [0.2, 0.25) is 0 Å². The van der Waals surface area contributed by atoms with Crippen molar-refractivity contribution in [1.82, 2.24) is 9.97 Å². The number of hydrogen-bond acceptors (Lipinski definition) is 4. The normalized spacial score (nSPS) is 13.1. The molecule has 1 aromatic rings. The Kier molecular flexibility index (Phi) is 4.17. The molecular formula is C9H8F3N3OS. The lowest BCUT2D eigenvalue weighted by atomic mass is 10.2. The van der Waals surface area contributed by atoms with E-state index >= 15 is 0 Å². The SMILES string of the molecule is Cc1cc(=O)[nH]c(SCC(C#N)C(F)(F)F)n1. The molecule has 1 heterocycles. The molecule has 17 heavy (non-hydrogen) atoms. The maximum atomic E-state index is 12.3. The zero-order chi connectivity index (χ0) is 13.1. The van der Waals surface area contributed by atoms with Crippen LogP contribution in [0.2, 0.25) is 0 Å². The third kappa shape index (κ3) is 4.11. The van der Waals surface area contributed by atoms with E-state index in [1.165, 1.54) is 12.1 Å². The largest absolute Gasteiger partial charge is 0.405 e. The fraction of sp³-hybridized carbons (Fsp3) is 0.444. The minimum atomic E-state index is -4.56. The summed E-state index contributed by atoms with van der Waals surface area (Å²) in [5.41, 5.74) is -0.0164. The summed E-state index contributed by atoms with van der Waals surface area (Å²) in [5, 5.41) is 8.46. The highest BCUT2D eigenvalue weighted by atomic mass is 32.2. The van der Waals surface area contributed by atoms with Gasteiger partial charge in [0.25, 0.3) is 5.56 Å². The van der Waals surface area contributed by atoms with Gasteiger partial charge in [-0.3, -0.25) is 4.79 Å². The molecule has 1 atom stereocenters. The third-order valence-corrected chi connectivity index (χ3v) is 2.75. The van der Waals surface area contributed by atoms with Crippen LogP contribution in [0.3, 0.4) is 0 Å². The van der Waals surface area contributed by atoms with Gasteiger partial charge in [0, 0.05) is 17.5 Å². The summed E-state index contributed by atoms with van der Waals surface area (Å²) in [5.74, 6) is -2.56. The van der Waals surface area contributed by atoms with Crippen molar-refractivity contribution < 1.29 is 13.2 Å². The maximum Gasteiger partial charge on any atom is 0.405 e. The van der Waals surface area contributed by atoms with E-state index in [2.05, 4.69) is 9.97 Å². The molecule has 0 fully saturated rings. The van der Waals surface area contributed by atoms with Crippen LogP contribution < -0.4 is 5.56 Å². The van der Waals surface area contributed by atoms with Gasteiger partial charge < -0.3 is 4.98 Å². The number of rotatable bonds is 3. The number of halogens is 3. The smallest absolute Gasteiger partial charge is 0.301 e. The van der Waals surface area contributed by atoms with Gasteiger partial charge in [0.15, 0.2) is 11.1 Å². The summed E-state index contributed by atoms with van der Waals surface area (Å²) in [6.07, 6.45) is -4.56. The number of nitrogens with one attached hydrogen (secondary N) is 1. The highest BCUT2D eigenvalue weighted by molar-refractivity contribution is 7.99. The highest BCUT2D eigenvalue weighted by Gasteiger charge is 2.39. The van der Waals surface area contributed by atoms with Crippen LogP contribution >= 0.6 is 11.8 Å². The van der Waals surface area contributed by atoms with E-state index in [1.54, 1.807) is 6.92 Å². The number of aromatic nitrogens is 2. The second-order valence-corrected chi connectivity index (χ2v) is 4.23. The number of aryl methyl sites for hydroxylation is 1. The van der Waals surface area contributed by atoms with Crippen molar-refractivity contribution in [2.24, 2.45) is 5.92 Å². The van der Waals surface area contributed by atoms with Crippen molar-refractivity contribution in [1.29, 1.82) is 5.26 Å². The number of nitrogens with zero attached hydrogens (tertiary/aromatic N) is 2. The standard InChI is InChI=1S/C9H8F3N3OS/c1-5-2-7(16)15-8(14-5)17-4-6(3-13)9(10,11)12/h2,6H,4H2,1H3,(H,14,15,16). The van der Waals surface area contributed by atoms with E-state index in [-0.39, 0.29) is 5.16 Å². The summed E-state index contributed by atoms with van der Waals surface area (Å²) < 4.78 is 36.8. The minimum absolute atomic E-state index is 0.0829. The van der Waals surface area contributed by atoms with Crippen LogP contribution in [0.25, 0.3) is 0 Å². The zero-order valence-corrected chi connectivity index (χ0v) is 9.52. The number of hydrogen-bond donors (Lipinski definition) is 1. The van der Waals surface area contributed by atoms with E-state index in [0.29, 0.717) is 17.5 Å². The van der Waals surface area contributed by atoms with Crippen LogP contribution in [-0.4, -0.2) is 21.9 Å². The van der Waals surface area contributed by atoms with Crippen LogP contribution in [0.15, 0.2) is 16.0 Å². The Balaban J connectivity index is 2.74. The summed E-state index contributed by atoms with van der Waals surface area (Å²) in [6.45, 7) is 1.56. The molecule has 0 aromatic carbocycles. The van der Waals surface area contributed by atoms with Gasteiger partial charge in [-0.05, 0) is 6.92 Å². The average Bonchev–Trinajstić information content (AvgIpc) is 2.14. The quantitative estimate of drug-likeness (QED) is 0.667. The van der Waals surface area contributed by atoms with Crippen LogP contribution in [0.4, 0.5) is 13.2 Å². The third-order valence-electron chi connectivity index (χ3n) is 1.79. The van der Waals surface area contributed by atoms with Gasteiger partial charge in [-0.2, -0.15) is 18.4 Å². The molecule has 0 aliphatic carbocycles. The lowest BCUT2D eigenvalue weighted by Crippen LogP contribution is -2.23. The Morgan fingerprint density at radius 3 is 2.76 bits per heavy atom. The molecule has 1 unspecified atom stereocenters. The van der Waals surface area contributed by atoms with Crippen LogP contribution in [0.1, 0.15) is 5.69 Å². The number of alkyl halides is 3. The van der Waals surface area contributed by atoms with Gasteiger partial charge in [0.05, 0.1) is 6.07 Å². The summed E-state index contributed by atoms with van der Waals surface area (Å²) >= 11 is 0.699. The second kappa shape index (κ2) is 5.23. The molecule has 0 bridgehead atoms. The van der Waals surface area contributed by atoms with E-state index in [0.717, 1.165) is 0 Å². The van der Waals surface area contributed by atoms with Crippen molar-refractivity contribution in [3.63, 3.8) is 0 Å². The Labute approximate surface area is 98.9 Å². The zero-order valence-electron chi connectivity index (χ0n) is 8.71. The van der Waals surface area contributed by atoms with Crippen LogP contribution in [0.5, 0.6) is 0 Å². The first-order chi connectivity index (χ1) is 7.82. The molecule has 1 rings (SSSR count). The van der Waals surface area contributed by atoms with Crippen molar-refractivity contribution in [3.05, 3.63) is 22.1 Å². The summed E-state index contributed by atoms with van der Waals surface area (Å²) in [6, 6.07) is 2.41. The van der Waals surface area contributed by atoms with Gasteiger partial charge in [-0.1, -0.05) is 11.8 Å². The monoisotopic (exact) mass is 263 g/mol. The molecular weight excluding hydrogens is 255 g/mol. The van der Waals surface area contributed by atoms with Gasteiger partial charge >= 0.3 is 6.18 Å². The molecule has 1 aromatic heterocycles. The molecule has 1 N–H and O–H groups in total. The summed E-state index contributed by atoms with van der Waals surface area (Å²) in [4.78, 5) is 17.2. The lowest BCUT2D eigenvalue weighted by molar-refractivity contribution is -0.152. The van der Waals surface area contributed by atoms with E-state index in [1.807, 2.05) is 0 Å². The molecule has 0 saturated carbocycles. The number of aromatic amines is 1. The Bertz CT molecular complexity index is 491. The Morgan fingerprint density at radius 2 is 2.29 bits per heavy atom. The molecule has 0 spiro atoms. The van der Waals surface area contributed by atoms with Crippen molar-refractivity contribution >= 4 is 11.8 Å². The highest BCUT2D eigenvalue weighted by Crippen LogP contribution is 2.29. The van der Waals surface area contributed by atoms with Gasteiger partial charge in [-0.25, -0.2) is 4.98 Å². The predicted octanol–water partition coefficient (Wildman–Crippen LogP) is 1.87. The van der Waals surface area contributed by atoms with Gasteiger partial charge in [-0.15, -0.1) is 0 Å². The first kappa shape index (κ1) is 13.6. The van der Waals surface area contributed by atoms with Crippen molar-refractivity contribution in [3.8, 4) is 6.07 Å². The first-order valence-corrected chi connectivity index (χ1v) is 5.48. The number of thioether (sulfide) groups is 1.